The molecule has 0 radical (unpaired) electrons. The van der Waals surface area contributed by atoms with E-state index in [1.54, 1.807) is 11.3 Å². The van der Waals surface area contributed by atoms with Crippen LogP contribution in [0.2, 0.25) is 0 Å². The highest BCUT2D eigenvalue weighted by atomic mass is 32.2. The number of thioether (sulfide) groups is 1. The van der Waals surface area contributed by atoms with Gasteiger partial charge in [-0.1, -0.05) is 0 Å². The Morgan fingerprint density at radius 2 is 2.57 bits per heavy atom. The van der Waals surface area contributed by atoms with Gasteiger partial charge in [0, 0.05) is 17.6 Å². The number of aryl methyl sites for hydroxylation is 1. The largest absolute Gasteiger partial charge is 0.311 e. The van der Waals surface area contributed by atoms with Crippen LogP contribution < -0.4 is 5.32 Å². The van der Waals surface area contributed by atoms with Gasteiger partial charge in [0.1, 0.15) is 0 Å². The molecule has 0 saturated carbocycles. The van der Waals surface area contributed by atoms with E-state index in [0.29, 0.717) is 0 Å². The second-order valence-corrected chi connectivity index (χ2v) is 6.18. The normalized spacial score (nSPS) is 21.6. The van der Waals surface area contributed by atoms with Crippen molar-refractivity contribution in [3.63, 3.8) is 0 Å². The van der Waals surface area contributed by atoms with E-state index in [-0.39, 0.29) is 0 Å². The van der Waals surface area contributed by atoms with Crippen molar-refractivity contribution in [1.29, 1.82) is 0 Å². The second kappa shape index (κ2) is 5.14. The van der Waals surface area contributed by atoms with E-state index in [4.69, 9.17) is 0 Å². The fourth-order valence-electron chi connectivity index (χ4n) is 1.63. The van der Waals surface area contributed by atoms with E-state index in [1.807, 2.05) is 6.20 Å². The molecule has 0 aliphatic carbocycles. The third kappa shape index (κ3) is 2.97. The third-order valence-electron chi connectivity index (χ3n) is 2.43. The standard InChI is InChI=1S/C10H16N2S2/c1-8-12-6-10(14-8)5-11-4-9-2-3-13-7-9/h6,9,11H,2-5,7H2,1H3. The van der Waals surface area contributed by atoms with Gasteiger partial charge in [0.25, 0.3) is 0 Å². The monoisotopic (exact) mass is 228 g/mol. The first-order valence-electron chi connectivity index (χ1n) is 5.04. The lowest BCUT2D eigenvalue weighted by atomic mass is 10.1. The van der Waals surface area contributed by atoms with Crippen LogP contribution in [-0.4, -0.2) is 23.0 Å². The molecule has 0 spiro atoms. The minimum Gasteiger partial charge on any atom is -0.311 e. The Morgan fingerprint density at radius 3 is 3.21 bits per heavy atom. The molecule has 1 aromatic heterocycles. The van der Waals surface area contributed by atoms with Crippen LogP contribution in [0.4, 0.5) is 0 Å². The fraction of sp³-hybridized carbons (Fsp3) is 0.700. The van der Waals surface area contributed by atoms with Crippen molar-refractivity contribution in [1.82, 2.24) is 10.3 Å². The highest BCUT2D eigenvalue weighted by Gasteiger charge is 2.14. The van der Waals surface area contributed by atoms with E-state index < -0.39 is 0 Å². The van der Waals surface area contributed by atoms with Crippen LogP contribution in [0, 0.1) is 12.8 Å². The molecule has 1 fully saturated rings. The molecule has 78 valence electrons. The fourth-order valence-corrected chi connectivity index (χ4v) is 3.68. The summed E-state index contributed by atoms with van der Waals surface area (Å²) in [5, 5.41) is 4.68. The minimum atomic E-state index is 0.897. The first-order chi connectivity index (χ1) is 6.84. The summed E-state index contributed by atoms with van der Waals surface area (Å²) in [4.78, 5) is 5.60. The predicted molar refractivity (Wildman–Crippen MR) is 64.0 cm³/mol. The van der Waals surface area contributed by atoms with E-state index in [0.717, 1.165) is 12.5 Å². The van der Waals surface area contributed by atoms with Crippen molar-refractivity contribution in [2.24, 2.45) is 5.92 Å². The zero-order valence-electron chi connectivity index (χ0n) is 8.45. The van der Waals surface area contributed by atoms with Crippen LogP contribution in [0.15, 0.2) is 6.20 Å². The van der Waals surface area contributed by atoms with Gasteiger partial charge in [-0.3, -0.25) is 0 Å². The van der Waals surface area contributed by atoms with Gasteiger partial charge in [-0.15, -0.1) is 11.3 Å². The Hall–Kier alpha value is -0.0600. The first kappa shape index (κ1) is 10.5. The van der Waals surface area contributed by atoms with Crippen molar-refractivity contribution in [2.75, 3.05) is 18.1 Å². The molecule has 4 heteroatoms. The van der Waals surface area contributed by atoms with Crippen LogP contribution in [-0.2, 0) is 6.54 Å². The number of hydrogen-bond acceptors (Lipinski definition) is 4. The molecule has 1 saturated heterocycles. The van der Waals surface area contributed by atoms with Gasteiger partial charge < -0.3 is 5.32 Å². The molecule has 14 heavy (non-hydrogen) atoms. The summed E-state index contributed by atoms with van der Waals surface area (Å²) in [6, 6.07) is 0. The van der Waals surface area contributed by atoms with Gasteiger partial charge in [-0.2, -0.15) is 11.8 Å². The number of hydrogen-bond donors (Lipinski definition) is 1. The molecular formula is C10H16N2S2. The Kier molecular flexibility index (Phi) is 3.84. The highest BCUT2D eigenvalue weighted by molar-refractivity contribution is 7.99. The zero-order chi connectivity index (χ0) is 9.80. The molecule has 1 aromatic rings. The van der Waals surface area contributed by atoms with Crippen molar-refractivity contribution >= 4 is 23.1 Å². The summed E-state index contributed by atoms with van der Waals surface area (Å²) < 4.78 is 0. The zero-order valence-corrected chi connectivity index (χ0v) is 10.1. The van der Waals surface area contributed by atoms with Crippen molar-refractivity contribution in [3.05, 3.63) is 16.1 Å². The SMILES string of the molecule is Cc1ncc(CNCC2CCSC2)s1. The van der Waals surface area contributed by atoms with Crippen LogP contribution in [0.5, 0.6) is 0 Å². The first-order valence-corrected chi connectivity index (χ1v) is 7.01. The Morgan fingerprint density at radius 1 is 1.64 bits per heavy atom. The summed E-state index contributed by atoms with van der Waals surface area (Å²) in [5.74, 6) is 3.59. The Balaban J connectivity index is 1.67. The number of nitrogens with zero attached hydrogens (tertiary/aromatic N) is 1. The summed E-state index contributed by atoms with van der Waals surface area (Å²) in [7, 11) is 0. The topological polar surface area (TPSA) is 24.9 Å². The van der Waals surface area contributed by atoms with Crippen molar-refractivity contribution in [3.8, 4) is 0 Å². The van der Waals surface area contributed by atoms with E-state index >= 15 is 0 Å². The molecule has 1 aliphatic rings. The number of rotatable bonds is 4. The molecule has 0 aromatic carbocycles. The molecule has 2 nitrogen and oxygen atoms in total. The van der Waals surface area contributed by atoms with Gasteiger partial charge in [0.15, 0.2) is 0 Å². The lowest BCUT2D eigenvalue weighted by Gasteiger charge is -2.08. The van der Waals surface area contributed by atoms with Gasteiger partial charge >= 0.3 is 0 Å². The summed E-state index contributed by atoms with van der Waals surface area (Å²) in [6.45, 7) is 4.22. The van der Waals surface area contributed by atoms with Crippen LogP contribution in [0.1, 0.15) is 16.3 Å². The Bertz CT molecular complexity index is 279. The molecule has 1 unspecified atom stereocenters. The maximum atomic E-state index is 4.24. The number of aromatic nitrogens is 1. The summed E-state index contributed by atoms with van der Waals surface area (Å²) in [6.07, 6.45) is 3.37. The van der Waals surface area contributed by atoms with Crippen LogP contribution >= 0.6 is 23.1 Å². The third-order valence-corrected chi connectivity index (χ3v) is 4.57. The highest BCUT2D eigenvalue weighted by Crippen LogP contribution is 2.22. The second-order valence-electron chi connectivity index (χ2n) is 3.71. The quantitative estimate of drug-likeness (QED) is 0.856. The van der Waals surface area contributed by atoms with Crippen LogP contribution in [0.3, 0.4) is 0 Å². The number of nitrogens with one attached hydrogen (secondary N) is 1. The molecular weight excluding hydrogens is 212 g/mol. The minimum absolute atomic E-state index is 0.897. The average molecular weight is 228 g/mol. The molecule has 2 rings (SSSR count). The maximum Gasteiger partial charge on any atom is 0.0897 e. The molecule has 0 bridgehead atoms. The Labute approximate surface area is 93.5 Å². The van der Waals surface area contributed by atoms with Gasteiger partial charge in [0.05, 0.1) is 5.01 Å². The summed E-state index contributed by atoms with van der Waals surface area (Å²) in [5.41, 5.74) is 0. The van der Waals surface area contributed by atoms with E-state index in [2.05, 4.69) is 29.0 Å². The number of thiazole rings is 1. The van der Waals surface area contributed by atoms with E-state index in [9.17, 15) is 0 Å². The van der Waals surface area contributed by atoms with E-state index in [1.165, 1.54) is 34.4 Å². The van der Waals surface area contributed by atoms with Crippen molar-refractivity contribution < 1.29 is 0 Å². The molecule has 1 atom stereocenters. The lowest BCUT2D eigenvalue weighted by molar-refractivity contribution is 0.525. The summed E-state index contributed by atoms with van der Waals surface area (Å²) >= 11 is 3.87. The lowest BCUT2D eigenvalue weighted by Crippen LogP contribution is -2.21. The van der Waals surface area contributed by atoms with Gasteiger partial charge in [-0.05, 0) is 37.3 Å². The van der Waals surface area contributed by atoms with Crippen LogP contribution in [0.25, 0.3) is 0 Å². The molecule has 1 aliphatic heterocycles. The maximum absolute atomic E-state index is 4.24. The molecule has 0 amide bonds. The smallest absolute Gasteiger partial charge is 0.0897 e. The van der Waals surface area contributed by atoms with Crippen molar-refractivity contribution in [2.45, 2.75) is 19.9 Å². The molecule has 1 N–H and O–H groups in total. The van der Waals surface area contributed by atoms with Gasteiger partial charge in [-0.25, -0.2) is 4.98 Å². The van der Waals surface area contributed by atoms with Gasteiger partial charge in [0.2, 0.25) is 0 Å². The predicted octanol–water partition coefficient (Wildman–Crippen LogP) is 2.29. The average Bonchev–Trinajstić information content (AvgIpc) is 2.77. The molecule has 2 heterocycles.